The molecule has 1 aromatic carbocycles. The van der Waals surface area contributed by atoms with Crippen LogP contribution in [0.3, 0.4) is 0 Å². The summed E-state index contributed by atoms with van der Waals surface area (Å²) in [7, 11) is 0. The van der Waals surface area contributed by atoms with E-state index >= 15 is 0 Å². The normalized spacial score (nSPS) is 10.4. The van der Waals surface area contributed by atoms with Crippen LogP contribution in [0.4, 0.5) is 0 Å². The van der Waals surface area contributed by atoms with Crippen molar-refractivity contribution in [3.63, 3.8) is 0 Å². The molecule has 15 heavy (non-hydrogen) atoms. The Hall–Kier alpha value is -1.28. The Balaban J connectivity index is 2.61. The van der Waals surface area contributed by atoms with Crippen LogP contribution in [0.2, 0.25) is 0 Å². The van der Waals surface area contributed by atoms with Gasteiger partial charge in [-0.2, -0.15) is 0 Å². The minimum Gasteiger partial charge on any atom is -0.489 e. The fourth-order valence-electron chi connectivity index (χ4n) is 1.21. The fourth-order valence-corrected chi connectivity index (χ4v) is 1.21. The summed E-state index contributed by atoms with van der Waals surface area (Å²) in [5, 5.41) is 0. The first kappa shape index (κ1) is 11.8. The molecule has 1 rings (SSSR count). The molecule has 0 spiro atoms. The van der Waals surface area contributed by atoms with Crippen LogP contribution in [0.15, 0.2) is 36.4 Å². The minimum absolute atomic E-state index is 0.476. The molecule has 0 saturated carbocycles. The summed E-state index contributed by atoms with van der Waals surface area (Å²) in [6.07, 6.45) is 0. The molecule has 2 nitrogen and oxygen atoms in total. The van der Waals surface area contributed by atoms with E-state index in [0.717, 1.165) is 11.3 Å². The summed E-state index contributed by atoms with van der Waals surface area (Å²) >= 11 is 0. The van der Waals surface area contributed by atoms with Crippen molar-refractivity contribution in [3.8, 4) is 5.75 Å². The van der Waals surface area contributed by atoms with Crippen LogP contribution in [0.1, 0.15) is 25.3 Å². The topological polar surface area (TPSA) is 35.2 Å². The van der Waals surface area contributed by atoms with Crippen LogP contribution >= 0.6 is 0 Å². The number of hydrogen-bond donors (Lipinski definition) is 1. The number of nitrogens with two attached hydrogens (primary N) is 1. The molecule has 82 valence electrons. The minimum atomic E-state index is 0.476. The number of rotatable bonds is 5. The molecule has 0 fully saturated rings. The Kier molecular flexibility index (Phi) is 4.37. The average molecular weight is 205 g/mol. The van der Waals surface area contributed by atoms with E-state index in [1.807, 2.05) is 12.1 Å². The van der Waals surface area contributed by atoms with Crippen molar-refractivity contribution in [2.24, 2.45) is 5.73 Å². The van der Waals surface area contributed by atoms with E-state index in [-0.39, 0.29) is 0 Å². The molecule has 0 aliphatic heterocycles. The largest absolute Gasteiger partial charge is 0.489 e. The van der Waals surface area contributed by atoms with Crippen LogP contribution in [0.25, 0.3) is 0 Å². The molecule has 0 atom stereocenters. The van der Waals surface area contributed by atoms with Gasteiger partial charge in [-0.25, -0.2) is 0 Å². The fraction of sp³-hybridized carbons (Fsp3) is 0.385. The summed E-state index contributed by atoms with van der Waals surface area (Å²) < 4.78 is 5.57. The van der Waals surface area contributed by atoms with Gasteiger partial charge in [-0.05, 0) is 29.2 Å². The van der Waals surface area contributed by atoms with Crippen molar-refractivity contribution in [2.45, 2.75) is 19.8 Å². The second kappa shape index (κ2) is 5.56. The molecule has 0 aliphatic rings. The molecule has 0 unspecified atom stereocenters. The molecule has 1 aromatic rings. The third kappa shape index (κ3) is 3.76. The van der Waals surface area contributed by atoms with Gasteiger partial charge in [0.15, 0.2) is 0 Å². The SMILES string of the molecule is C=C(CN)COc1cccc(C(C)C)c1. The van der Waals surface area contributed by atoms with Gasteiger partial charge in [-0.15, -0.1) is 0 Å². The number of hydrogen-bond acceptors (Lipinski definition) is 2. The Morgan fingerprint density at radius 3 is 2.80 bits per heavy atom. The third-order valence-corrected chi connectivity index (χ3v) is 2.26. The van der Waals surface area contributed by atoms with Gasteiger partial charge >= 0.3 is 0 Å². The lowest BCUT2D eigenvalue weighted by atomic mass is 10.0. The quantitative estimate of drug-likeness (QED) is 0.750. The predicted molar refractivity (Wildman–Crippen MR) is 64.2 cm³/mol. The number of benzene rings is 1. The van der Waals surface area contributed by atoms with Gasteiger partial charge in [0, 0.05) is 6.54 Å². The van der Waals surface area contributed by atoms with Gasteiger partial charge in [-0.1, -0.05) is 32.6 Å². The summed E-state index contributed by atoms with van der Waals surface area (Å²) in [4.78, 5) is 0. The van der Waals surface area contributed by atoms with E-state index in [4.69, 9.17) is 10.5 Å². The zero-order valence-corrected chi connectivity index (χ0v) is 9.49. The predicted octanol–water partition coefficient (Wildman–Crippen LogP) is 2.70. The molecule has 0 radical (unpaired) electrons. The molecule has 0 heterocycles. The van der Waals surface area contributed by atoms with E-state index in [1.165, 1.54) is 5.56 Å². The monoisotopic (exact) mass is 205 g/mol. The Morgan fingerprint density at radius 2 is 2.20 bits per heavy atom. The molecular weight excluding hydrogens is 186 g/mol. The van der Waals surface area contributed by atoms with Gasteiger partial charge in [0.25, 0.3) is 0 Å². The van der Waals surface area contributed by atoms with Crippen LogP contribution in [-0.2, 0) is 0 Å². The van der Waals surface area contributed by atoms with Gasteiger partial charge in [0.2, 0.25) is 0 Å². The molecule has 0 aliphatic carbocycles. The molecule has 0 bridgehead atoms. The van der Waals surface area contributed by atoms with Crippen molar-refractivity contribution < 1.29 is 4.74 Å². The van der Waals surface area contributed by atoms with Crippen molar-refractivity contribution in [1.82, 2.24) is 0 Å². The maximum atomic E-state index is 5.57. The molecule has 0 amide bonds. The maximum Gasteiger partial charge on any atom is 0.120 e. The molecule has 0 saturated heterocycles. The van der Waals surface area contributed by atoms with Crippen LogP contribution < -0.4 is 10.5 Å². The maximum absolute atomic E-state index is 5.57. The van der Waals surface area contributed by atoms with Gasteiger partial charge in [0.05, 0.1) is 0 Å². The number of ether oxygens (including phenoxy) is 1. The van der Waals surface area contributed by atoms with E-state index in [0.29, 0.717) is 19.1 Å². The molecule has 2 heteroatoms. The third-order valence-electron chi connectivity index (χ3n) is 2.26. The first-order valence-electron chi connectivity index (χ1n) is 5.23. The van der Waals surface area contributed by atoms with Crippen molar-refractivity contribution in [3.05, 3.63) is 42.0 Å². The molecular formula is C13H19NO. The van der Waals surface area contributed by atoms with E-state index < -0.39 is 0 Å². The van der Waals surface area contributed by atoms with Crippen LogP contribution in [0.5, 0.6) is 5.75 Å². The zero-order valence-electron chi connectivity index (χ0n) is 9.49. The van der Waals surface area contributed by atoms with Crippen LogP contribution in [0, 0.1) is 0 Å². The second-order valence-corrected chi connectivity index (χ2v) is 3.97. The highest BCUT2D eigenvalue weighted by Gasteiger charge is 2.01. The van der Waals surface area contributed by atoms with Gasteiger partial charge in [-0.3, -0.25) is 0 Å². The van der Waals surface area contributed by atoms with Crippen molar-refractivity contribution >= 4 is 0 Å². The lowest BCUT2D eigenvalue weighted by Crippen LogP contribution is -2.09. The molecule has 0 aromatic heterocycles. The van der Waals surface area contributed by atoms with E-state index in [9.17, 15) is 0 Å². The summed E-state index contributed by atoms with van der Waals surface area (Å²) in [6, 6.07) is 8.13. The van der Waals surface area contributed by atoms with Gasteiger partial charge in [0.1, 0.15) is 12.4 Å². The Labute approximate surface area is 91.7 Å². The standard InChI is InChI=1S/C13H19NO/c1-10(2)12-5-4-6-13(7-12)15-9-11(3)8-14/h4-7,10H,3,8-9,14H2,1-2H3. The second-order valence-electron chi connectivity index (χ2n) is 3.97. The lowest BCUT2D eigenvalue weighted by molar-refractivity contribution is 0.350. The highest BCUT2D eigenvalue weighted by atomic mass is 16.5. The van der Waals surface area contributed by atoms with Crippen molar-refractivity contribution in [1.29, 1.82) is 0 Å². The van der Waals surface area contributed by atoms with Gasteiger partial charge < -0.3 is 10.5 Å². The first-order chi connectivity index (χ1) is 7.13. The van der Waals surface area contributed by atoms with Crippen LogP contribution in [-0.4, -0.2) is 13.2 Å². The highest BCUT2D eigenvalue weighted by Crippen LogP contribution is 2.20. The first-order valence-corrected chi connectivity index (χ1v) is 5.23. The van der Waals surface area contributed by atoms with E-state index in [1.54, 1.807) is 0 Å². The summed E-state index contributed by atoms with van der Waals surface area (Å²) in [6.45, 7) is 9.10. The summed E-state index contributed by atoms with van der Waals surface area (Å²) in [5.41, 5.74) is 7.63. The molecule has 2 N–H and O–H groups in total. The zero-order chi connectivity index (χ0) is 11.3. The Bertz CT molecular complexity index is 331. The van der Waals surface area contributed by atoms with Crippen molar-refractivity contribution in [2.75, 3.05) is 13.2 Å². The smallest absolute Gasteiger partial charge is 0.120 e. The highest BCUT2D eigenvalue weighted by molar-refractivity contribution is 5.30. The van der Waals surface area contributed by atoms with E-state index in [2.05, 4.69) is 32.6 Å². The Morgan fingerprint density at radius 1 is 1.47 bits per heavy atom. The lowest BCUT2D eigenvalue weighted by Gasteiger charge is -2.10. The average Bonchev–Trinajstić information content (AvgIpc) is 2.26. The summed E-state index contributed by atoms with van der Waals surface area (Å²) in [5.74, 6) is 1.40.